The number of nitrogens with zero attached hydrogens (tertiary/aromatic N) is 3. The normalized spacial score (nSPS) is 19.6. The third kappa shape index (κ3) is 3.97. The highest BCUT2D eigenvalue weighted by Crippen LogP contribution is 2.39. The molecule has 0 saturated carbocycles. The Kier molecular flexibility index (Phi) is 5.21. The lowest BCUT2D eigenvalue weighted by Gasteiger charge is -2.19. The number of hydrogen-bond donors (Lipinski definition) is 1. The maximum atomic E-state index is 12.0. The standard InChI is InChI=1S/C22H24N4O2/c1-15-24-21(11-22(27)25-15)20-14-26(12-16-7-9-23-10-8-16)13-19(20)17-3-5-18(28-2)6-4-17/h3-11,19-20H,12-14H2,1-2H3,(H,24,25,27)/t19-,20+/m0/s1. The fraction of sp³-hybridized carbons (Fsp3) is 0.318. The highest BCUT2D eigenvalue weighted by Gasteiger charge is 2.36. The van der Waals surface area contributed by atoms with E-state index in [4.69, 9.17) is 4.74 Å². The van der Waals surface area contributed by atoms with Crippen molar-refractivity contribution in [3.05, 3.63) is 87.9 Å². The first-order chi connectivity index (χ1) is 13.6. The van der Waals surface area contributed by atoms with Gasteiger partial charge in [-0.05, 0) is 42.3 Å². The van der Waals surface area contributed by atoms with Crippen molar-refractivity contribution in [2.75, 3.05) is 20.2 Å². The third-order valence-electron chi connectivity index (χ3n) is 5.35. The summed E-state index contributed by atoms with van der Waals surface area (Å²) in [6.45, 7) is 4.45. The maximum Gasteiger partial charge on any atom is 0.251 e. The number of likely N-dealkylation sites (tertiary alicyclic amines) is 1. The zero-order valence-electron chi connectivity index (χ0n) is 16.1. The van der Waals surface area contributed by atoms with E-state index >= 15 is 0 Å². The average Bonchev–Trinajstić information content (AvgIpc) is 3.12. The lowest BCUT2D eigenvalue weighted by Crippen LogP contribution is -2.20. The molecule has 0 radical (unpaired) electrons. The van der Waals surface area contributed by atoms with Crippen molar-refractivity contribution in [1.82, 2.24) is 19.9 Å². The first kappa shape index (κ1) is 18.4. The SMILES string of the molecule is COc1ccc([C@@H]2CN(Cc3ccncc3)C[C@H]2c2cc(=O)[nH]c(C)n2)cc1. The highest BCUT2D eigenvalue weighted by atomic mass is 16.5. The van der Waals surface area contributed by atoms with E-state index in [-0.39, 0.29) is 17.4 Å². The quantitative estimate of drug-likeness (QED) is 0.741. The van der Waals surface area contributed by atoms with Gasteiger partial charge in [0, 0.05) is 49.9 Å². The second-order valence-electron chi connectivity index (χ2n) is 7.29. The Bertz CT molecular complexity index is 985. The number of methoxy groups -OCH3 is 1. The van der Waals surface area contributed by atoms with Crippen LogP contribution in [0.3, 0.4) is 0 Å². The summed E-state index contributed by atoms with van der Waals surface area (Å²) < 4.78 is 5.30. The zero-order valence-corrected chi connectivity index (χ0v) is 16.1. The van der Waals surface area contributed by atoms with Crippen molar-refractivity contribution in [1.29, 1.82) is 0 Å². The summed E-state index contributed by atoms with van der Waals surface area (Å²) in [5.74, 6) is 1.93. The van der Waals surface area contributed by atoms with Gasteiger partial charge in [-0.2, -0.15) is 0 Å². The van der Waals surface area contributed by atoms with E-state index in [0.717, 1.165) is 31.1 Å². The van der Waals surface area contributed by atoms with Crippen LogP contribution in [0.15, 0.2) is 59.7 Å². The predicted octanol–water partition coefficient (Wildman–Crippen LogP) is 2.87. The van der Waals surface area contributed by atoms with Crippen LogP contribution in [0, 0.1) is 6.92 Å². The number of rotatable bonds is 5. The van der Waals surface area contributed by atoms with Crippen LogP contribution < -0.4 is 10.3 Å². The fourth-order valence-electron chi connectivity index (χ4n) is 4.04. The number of aryl methyl sites for hydroxylation is 1. The number of pyridine rings is 1. The summed E-state index contributed by atoms with van der Waals surface area (Å²) in [4.78, 5) is 26.0. The molecule has 3 aromatic rings. The second-order valence-corrected chi connectivity index (χ2v) is 7.29. The van der Waals surface area contributed by atoms with Gasteiger partial charge in [0.25, 0.3) is 5.56 Å². The summed E-state index contributed by atoms with van der Waals surface area (Å²) in [6, 6.07) is 14.0. The number of benzene rings is 1. The predicted molar refractivity (Wildman–Crippen MR) is 108 cm³/mol. The molecule has 6 nitrogen and oxygen atoms in total. The molecule has 1 aromatic carbocycles. The summed E-state index contributed by atoms with van der Waals surface area (Å²) in [7, 11) is 1.67. The molecule has 0 aliphatic carbocycles. The van der Waals surface area contributed by atoms with Crippen LogP contribution in [0.1, 0.15) is 34.5 Å². The Morgan fingerprint density at radius 1 is 1.11 bits per heavy atom. The van der Waals surface area contributed by atoms with Gasteiger partial charge in [-0.25, -0.2) is 4.98 Å². The van der Waals surface area contributed by atoms with Gasteiger partial charge >= 0.3 is 0 Å². The molecule has 28 heavy (non-hydrogen) atoms. The van der Waals surface area contributed by atoms with Crippen molar-refractivity contribution in [3.63, 3.8) is 0 Å². The first-order valence-corrected chi connectivity index (χ1v) is 9.45. The zero-order chi connectivity index (χ0) is 19.5. The maximum absolute atomic E-state index is 12.0. The smallest absolute Gasteiger partial charge is 0.251 e. The van der Waals surface area contributed by atoms with Crippen molar-refractivity contribution in [2.24, 2.45) is 0 Å². The molecular weight excluding hydrogens is 352 g/mol. The van der Waals surface area contributed by atoms with E-state index in [2.05, 4.69) is 32.0 Å². The van der Waals surface area contributed by atoms with Gasteiger partial charge in [0.2, 0.25) is 0 Å². The number of hydrogen-bond acceptors (Lipinski definition) is 5. The molecule has 1 N–H and O–H groups in total. The van der Waals surface area contributed by atoms with E-state index in [9.17, 15) is 4.79 Å². The lowest BCUT2D eigenvalue weighted by molar-refractivity contribution is 0.323. The Hall–Kier alpha value is -2.99. The number of nitrogens with one attached hydrogen (secondary N) is 1. The Balaban J connectivity index is 1.65. The number of ether oxygens (including phenoxy) is 1. The fourth-order valence-corrected chi connectivity index (χ4v) is 4.04. The van der Waals surface area contributed by atoms with Crippen LogP contribution in [0.5, 0.6) is 5.75 Å². The Labute approximate surface area is 164 Å². The van der Waals surface area contributed by atoms with Gasteiger partial charge in [0.05, 0.1) is 12.8 Å². The molecule has 3 heterocycles. The Morgan fingerprint density at radius 2 is 1.82 bits per heavy atom. The first-order valence-electron chi connectivity index (χ1n) is 9.45. The molecule has 6 heteroatoms. The van der Waals surface area contributed by atoms with Crippen LogP contribution in [0.4, 0.5) is 0 Å². The minimum atomic E-state index is -0.0939. The third-order valence-corrected chi connectivity index (χ3v) is 5.35. The van der Waals surface area contributed by atoms with Crippen LogP contribution in [0.25, 0.3) is 0 Å². The molecule has 1 fully saturated rings. The largest absolute Gasteiger partial charge is 0.497 e. The van der Waals surface area contributed by atoms with Gasteiger partial charge in [-0.3, -0.25) is 14.7 Å². The summed E-state index contributed by atoms with van der Waals surface area (Å²) in [6.07, 6.45) is 3.65. The van der Waals surface area contributed by atoms with Crippen molar-refractivity contribution in [2.45, 2.75) is 25.3 Å². The molecule has 2 atom stereocenters. The van der Waals surface area contributed by atoms with Crippen LogP contribution in [0.2, 0.25) is 0 Å². The molecule has 1 aliphatic heterocycles. The Morgan fingerprint density at radius 3 is 2.50 bits per heavy atom. The van der Waals surface area contributed by atoms with Crippen LogP contribution in [-0.2, 0) is 6.54 Å². The highest BCUT2D eigenvalue weighted by molar-refractivity contribution is 5.33. The van der Waals surface area contributed by atoms with E-state index in [0.29, 0.717) is 5.82 Å². The second kappa shape index (κ2) is 7.94. The molecule has 0 bridgehead atoms. The van der Waals surface area contributed by atoms with E-state index in [1.165, 1.54) is 11.1 Å². The van der Waals surface area contributed by atoms with E-state index in [1.807, 2.05) is 43.6 Å². The molecule has 4 rings (SSSR count). The molecule has 1 saturated heterocycles. The van der Waals surface area contributed by atoms with E-state index < -0.39 is 0 Å². The van der Waals surface area contributed by atoms with Gasteiger partial charge < -0.3 is 9.72 Å². The average molecular weight is 376 g/mol. The molecule has 0 spiro atoms. The summed E-state index contributed by atoms with van der Waals surface area (Å²) >= 11 is 0. The molecule has 0 unspecified atom stereocenters. The topological polar surface area (TPSA) is 71.1 Å². The number of H-pyrrole nitrogens is 1. The number of aromatic amines is 1. The van der Waals surface area contributed by atoms with Crippen molar-refractivity contribution >= 4 is 0 Å². The molecular formula is C22H24N4O2. The minimum absolute atomic E-state index is 0.0939. The van der Waals surface area contributed by atoms with Crippen LogP contribution in [-0.4, -0.2) is 40.1 Å². The summed E-state index contributed by atoms with van der Waals surface area (Å²) in [5, 5.41) is 0. The van der Waals surface area contributed by atoms with Crippen molar-refractivity contribution in [3.8, 4) is 5.75 Å². The molecule has 2 aromatic heterocycles. The summed E-state index contributed by atoms with van der Waals surface area (Å²) in [5.41, 5.74) is 3.24. The molecule has 0 amide bonds. The monoisotopic (exact) mass is 376 g/mol. The van der Waals surface area contributed by atoms with Crippen LogP contribution >= 0.6 is 0 Å². The van der Waals surface area contributed by atoms with Crippen molar-refractivity contribution < 1.29 is 4.74 Å². The van der Waals surface area contributed by atoms with Gasteiger partial charge in [0.15, 0.2) is 0 Å². The minimum Gasteiger partial charge on any atom is -0.497 e. The van der Waals surface area contributed by atoms with Gasteiger partial charge in [-0.15, -0.1) is 0 Å². The number of aromatic nitrogens is 3. The molecule has 144 valence electrons. The molecule has 1 aliphatic rings. The van der Waals surface area contributed by atoms with E-state index in [1.54, 1.807) is 13.2 Å². The van der Waals surface area contributed by atoms with Gasteiger partial charge in [-0.1, -0.05) is 12.1 Å². The lowest BCUT2D eigenvalue weighted by atomic mass is 9.86. The van der Waals surface area contributed by atoms with Gasteiger partial charge in [0.1, 0.15) is 11.6 Å².